The van der Waals surface area contributed by atoms with E-state index >= 15 is 0 Å². The maximum absolute atomic E-state index is 11.8. The second-order valence-corrected chi connectivity index (χ2v) is 4.46. The van der Waals surface area contributed by atoms with Crippen LogP contribution in [0.15, 0.2) is 0 Å². The van der Waals surface area contributed by atoms with Crippen LogP contribution in [0.5, 0.6) is 0 Å². The second kappa shape index (κ2) is 4.61. The summed E-state index contributed by atoms with van der Waals surface area (Å²) in [6, 6.07) is -0.665. The lowest BCUT2D eigenvalue weighted by Gasteiger charge is -2.17. The van der Waals surface area contributed by atoms with Crippen LogP contribution in [0.2, 0.25) is 0 Å². The number of rotatable bonds is 4. The van der Waals surface area contributed by atoms with E-state index in [1.54, 1.807) is 0 Å². The number of nitrogens with one attached hydrogen (secondary N) is 1. The van der Waals surface area contributed by atoms with Crippen LogP contribution >= 0.6 is 0 Å². The van der Waals surface area contributed by atoms with E-state index in [-0.39, 0.29) is 29.8 Å². The summed E-state index contributed by atoms with van der Waals surface area (Å²) in [6.45, 7) is 6.63. The van der Waals surface area contributed by atoms with Crippen molar-refractivity contribution in [3.05, 3.63) is 0 Å². The highest BCUT2D eigenvalue weighted by Gasteiger charge is 2.39. The van der Waals surface area contributed by atoms with E-state index in [2.05, 4.69) is 5.32 Å². The topological polar surface area (TPSA) is 75.4 Å². The summed E-state index contributed by atoms with van der Waals surface area (Å²) in [6.07, 6.45) is 0. The van der Waals surface area contributed by atoms with E-state index in [4.69, 9.17) is 5.73 Å². The number of nitrogens with two attached hydrogens (primary N) is 1. The normalized spacial score (nSPS) is 23.5. The van der Waals surface area contributed by atoms with E-state index in [1.165, 1.54) is 4.90 Å². The van der Waals surface area contributed by atoms with Gasteiger partial charge in [0.15, 0.2) is 0 Å². The van der Waals surface area contributed by atoms with Crippen LogP contribution in [0.1, 0.15) is 20.8 Å². The summed E-state index contributed by atoms with van der Waals surface area (Å²) < 4.78 is 0. The lowest BCUT2D eigenvalue weighted by molar-refractivity contribution is -0.128. The van der Waals surface area contributed by atoms with Crippen molar-refractivity contribution in [2.45, 2.75) is 26.8 Å². The first kappa shape index (κ1) is 12.0. The molecule has 0 aromatic carbocycles. The van der Waals surface area contributed by atoms with Gasteiger partial charge in [-0.1, -0.05) is 20.8 Å². The third-order valence-electron chi connectivity index (χ3n) is 2.62. The fourth-order valence-electron chi connectivity index (χ4n) is 1.55. The highest BCUT2D eigenvalue weighted by Crippen LogP contribution is 2.14. The Bertz CT molecular complexity index is 265. The number of imide groups is 1. The minimum Gasteiger partial charge on any atom is -0.330 e. The summed E-state index contributed by atoms with van der Waals surface area (Å²) in [4.78, 5) is 24.6. The molecular formula is C10H19N3O2. The number of urea groups is 1. The average Bonchev–Trinajstić information content (AvgIpc) is 2.45. The predicted molar refractivity (Wildman–Crippen MR) is 57.1 cm³/mol. The zero-order valence-corrected chi connectivity index (χ0v) is 9.49. The van der Waals surface area contributed by atoms with Crippen molar-refractivity contribution in [1.82, 2.24) is 10.2 Å². The van der Waals surface area contributed by atoms with Crippen molar-refractivity contribution >= 4 is 11.9 Å². The van der Waals surface area contributed by atoms with E-state index in [0.29, 0.717) is 13.1 Å². The highest BCUT2D eigenvalue weighted by atomic mass is 16.2. The smallest absolute Gasteiger partial charge is 0.324 e. The molecule has 0 aromatic heterocycles. The van der Waals surface area contributed by atoms with Crippen molar-refractivity contribution in [2.24, 2.45) is 17.6 Å². The van der Waals surface area contributed by atoms with Gasteiger partial charge in [-0.15, -0.1) is 0 Å². The number of hydrogen-bond donors (Lipinski definition) is 2. The minimum atomic E-state index is -0.373. The molecule has 1 rings (SSSR count). The number of carbonyl (C=O) groups is 2. The predicted octanol–water partition coefficient (Wildman–Crippen LogP) is 0.158. The van der Waals surface area contributed by atoms with Crippen LogP contribution in [-0.2, 0) is 4.79 Å². The molecular weight excluding hydrogens is 194 g/mol. The number of amides is 3. The third kappa shape index (κ3) is 2.47. The standard InChI is InChI=1S/C10H19N3O2/c1-6(2)8-9(14)13(10(15)12-8)5-7(3)4-11/h6-8H,4-5,11H2,1-3H3,(H,12,15). The van der Waals surface area contributed by atoms with Gasteiger partial charge >= 0.3 is 6.03 Å². The van der Waals surface area contributed by atoms with Crippen LogP contribution in [0.25, 0.3) is 0 Å². The number of hydrogen-bond acceptors (Lipinski definition) is 3. The van der Waals surface area contributed by atoms with Crippen molar-refractivity contribution in [3.63, 3.8) is 0 Å². The molecule has 1 heterocycles. The van der Waals surface area contributed by atoms with Gasteiger partial charge in [-0.05, 0) is 18.4 Å². The Morgan fingerprint density at radius 2 is 2.00 bits per heavy atom. The van der Waals surface area contributed by atoms with Gasteiger partial charge < -0.3 is 11.1 Å². The molecule has 0 aliphatic carbocycles. The van der Waals surface area contributed by atoms with Gasteiger partial charge in [-0.25, -0.2) is 4.79 Å². The molecule has 0 spiro atoms. The van der Waals surface area contributed by atoms with Crippen molar-refractivity contribution in [1.29, 1.82) is 0 Å². The first-order valence-electron chi connectivity index (χ1n) is 5.29. The first-order valence-corrected chi connectivity index (χ1v) is 5.29. The number of carbonyl (C=O) groups excluding carboxylic acids is 2. The van der Waals surface area contributed by atoms with Crippen LogP contribution in [0, 0.1) is 11.8 Å². The molecule has 3 N–H and O–H groups in total. The molecule has 1 fully saturated rings. The Kier molecular flexibility index (Phi) is 3.68. The Morgan fingerprint density at radius 3 is 2.40 bits per heavy atom. The fourth-order valence-corrected chi connectivity index (χ4v) is 1.55. The zero-order valence-electron chi connectivity index (χ0n) is 9.49. The van der Waals surface area contributed by atoms with Crippen molar-refractivity contribution in [2.75, 3.05) is 13.1 Å². The number of nitrogens with zero attached hydrogens (tertiary/aromatic N) is 1. The maximum Gasteiger partial charge on any atom is 0.324 e. The summed E-state index contributed by atoms with van der Waals surface area (Å²) in [5.41, 5.74) is 5.47. The molecule has 0 aromatic rings. The van der Waals surface area contributed by atoms with E-state index in [9.17, 15) is 9.59 Å². The Morgan fingerprint density at radius 1 is 1.40 bits per heavy atom. The van der Waals surface area contributed by atoms with Gasteiger partial charge in [0.05, 0.1) is 0 Å². The Labute approximate surface area is 90.0 Å². The lowest BCUT2D eigenvalue weighted by Crippen LogP contribution is -2.37. The molecule has 86 valence electrons. The molecule has 2 atom stereocenters. The van der Waals surface area contributed by atoms with E-state index in [0.717, 1.165) is 0 Å². The van der Waals surface area contributed by atoms with Gasteiger partial charge in [0.25, 0.3) is 5.91 Å². The molecule has 0 radical (unpaired) electrons. The second-order valence-electron chi connectivity index (χ2n) is 4.46. The zero-order chi connectivity index (χ0) is 11.6. The van der Waals surface area contributed by atoms with Gasteiger partial charge in [0.2, 0.25) is 0 Å². The van der Waals surface area contributed by atoms with Crippen LogP contribution in [-0.4, -0.2) is 36.0 Å². The highest BCUT2D eigenvalue weighted by molar-refractivity contribution is 6.04. The summed E-state index contributed by atoms with van der Waals surface area (Å²) in [5, 5.41) is 2.68. The van der Waals surface area contributed by atoms with Gasteiger partial charge in [0, 0.05) is 6.54 Å². The molecule has 0 bridgehead atoms. The molecule has 1 aliphatic rings. The quantitative estimate of drug-likeness (QED) is 0.653. The lowest BCUT2D eigenvalue weighted by atomic mass is 10.0. The van der Waals surface area contributed by atoms with Crippen LogP contribution in [0.3, 0.4) is 0 Å². The van der Waals surface area contributed by atoms with Gasteiger partial charge in [-0.3, -0.25) is 9.69 Å². The minimum absolute atomic E-state index is 0.125. The molecule has 15 heavy (non-hydrogen) atoms. The Hall–Kier alpha value is -1.10. The summed E-state index contributed by atoms with van der Waals surface area (Å²) in [5.74, 6) is 0.139. The SMILES string of the molecule is CC(CN)CN1C(=O)NC(C(C)C)C1=O. The summed E-state index contributed by atoms with van der Waals surface area (Å²) >= 11 is 0. The average molecular weight is 213 g/mol. The fraction of sp³-hybridized carbons (Fsp3) is 0.800. The van der Waals surface area contributed by atoms with Crippen LogP contribution in [0.4, 0.5) is 4.79 Å². The monoisotopic (exact) mass is 213 g/mol. The van der Waals surface area contributed by atoms with Gasteiger partial charge in [0.1, 0.15) is 6.04 Å². The molecule has 5 heteroatoms. The maximum atomic E-state index is 11.8. The third-order valence-corrected chi connectivity index (χ3v) is 2.62. The summed E-state index contributed by atoms with van der Waals surface area (Å²) in [7, 11) is 0. The van der Waals surface area contributed by atoms with E-state index in [1.807, 2.05) is 20.8 Å². The molecule has 0 saturated carbocycles. The molecule has 5 nitrogen and oxygen atoms in total. The van der Waals surface area contributed by atoms with Crippen molar-refractivity contribution in [3.8, 4) is 0 Å². The van der Waals surface area contributed by atoms with Crippen LogP contribution < -0.4 is 11.1 Å². The molecule has 1 saturated heterocycles. The van der Waals surface area contributed by atoms with Crippen molar-refractivity contribution < 1.29 is 9.59 Å². The van der Waals surface area contributed by atoms with E-state index < -0.39 is 0 Å². The Balaban J connectivity index is 2.67. The molecule has 2 unspecified atom stereocenters. The molecule has 1 aliphatic heterocycles. The van der Waals surface area contributed by atoms with Gasteiger partial charge in [-0.2, -0.15) is 0 Å². The first-order chi connectivity index (χ1) is 6.97. The molecule has 3 amide bonds. The largest absolute Gasteiger partial charge is 0.330 e.